The Labute approximate surface area is 168 Å². The van der Waals surface area contributed by atoms with Crippen LogP contribution in [0.4, 0.5) is 11.5 Å². The first-order valence-corrected chi connectivity index (χ1v) is 10.5. The zero-order valence-corrected chi connectivity index (χ0v) is 16.8. The van der Waals surface area contributed by atoms with E-state index in [-0.39, 0.29) is 9.79 Å². The molecule has 0 fully saturated rings. The van der Waals surface area contributed by atoms with Gasteiger partial charge in [0.05, 0.1) is 20.5 Å². The van der Waals surface area contributed by atoms with E-state index < -0.39 is 9.84 Å². The summed E-state index contributed by atoms with van der Waals surface area (Å²) in [6, 6.07) is 16.5. The van der Waals surface area contributed by atoms with Crippen molar-refractivity contribution in [3.63, 3.8) is 0 Å². The van der Waals surface area contributed by atoms with Gasteiger partial charge in [-0.25, -0.2) is 13.4 Å². The van der Waals surface area contributed by atoms with Crippen molar-refractivity contribution in [1.82, 2.24) is 14.6 Å². The van der Waals surface area contributed by atoms with Crippen LogP contribution < -0.4 is 5.32 Å². The van der Waals surface area contributed by atoms with Crippen molar-refractivity contribution in [2.75, 3.05) is 5.32 Å². The van der Waals surface area contributed by atoms with E-state index in [0.29, 0.717) is 22.3 Å². The summed E-state index contributed by atoms with van der Waals surface area (Å²) in [5.41, 5.74) is 1.27. The van der Waals surface area contributed by atoms with Gasteiger partial charge in [-0.1, -0.05) is 29.8 Å². The zero-order chi connectivity index (χ0) is 19.0. The van der Waals surface area contributed by atoms with Crippen molar-refractivity contribution in [1.29, 1.82) is 0 Å². The number of hydrogen-bond acceptors (Lipinski definition) is 5. The van der Waals surface area contributed by atoms with Crippen LogP contribution in [0.3, 0.4) is 0 Å². The Kier molecular flexibility index (Phi) is 4.63. The highest BCUT2D eigenvalue weighted by Crippen LogP contribution is 2.26. The minimum Gasteiger partial charge on any atom is -0.340 e. The molecule has 0 atom stereocenters. The van der Waals surface area contributed by atoms with Gasteiger partial charge in [0.15, 0.2) is 5.65 Å². The minimum absolute atomic E-state index is 0.221. The number of hydrogen-bond donors (Lipinski definition) is 1. The Balaban J connectivity index is 1.66. The van der Waals surface area contributed by atoms with E-state index in [2.05, 4.69) is 31.3 Å². The van der Waals surface area contributed by atoms with Crippen LogP contribution >= 0.6 is 27.5 Å². The van der Waals surface area contributed by atoms with E-state index in [0.717, 1.165) is 4.47 Å². The number of aromatic nitrogens is 3. The molecule has 1 N–H and O–H groups in total. The summed E-state index contributed by atoms with van der Waals surface area (Å²) in [6.07, 6.45) is 1.62. The second-order valence-corrected chi connectivity index (χ2v) is 8.85. The zero-order valence-electron chi connectivity index (χ0n) is 13.7. The Hall–Kier alpha value is -2.42. The van der Waals surface area contributed by atoms with Gasteiger partial charge in [-0.05, 0) is 52.3 Å². The van der Waals surface area contributed by atoms with E-state index in [1.54, 1.807) is 71.4 Å². The summed E-state index contributed by atoms with van der Waals surface area (Å²) < 4.78 is 27.6. The maximum Gasteiger partial charge on any atom is 0.206 e. The second-order valence-electron chi connectivity index (χ2n) is 5.66. The Morgan fingerprint density at radius 1 is 1.00 bits per heavy atom. The van der Waals surface area contributed by atoms with Crippen molar-refractivity contribution in [2.45, 2.75) is 9.79 Å². The van der Waals surface area contributed by atoms with Gasteiger partial charge >= 0.3 is 0 Å². The molecule has 0 unspecified atom stereocenters. The number of nitrogens with one attached hydrogen (secondary N) is 1. The highest BCUT2D eigenvalue weighted by molar-refractivity contribution is 9.10. The number of sulfone groups is 1. The fourth-order valence-electron chi connectivity index (χ4n) is 2.60. The molecule has 2 aromatic heterocycles. The van der Waals surface area contributed by atoms with Crippen molar-refractivity contribution >= 4 is 54.5 Å². The molecule has 6 nitrogen and oxygen atoms in total. The summed E-state index contributed by atoms with van der Waals surface area (Å²) >= 11 is 9.45. The van der Waals surface area contributed by atoms with Gasteiger partial charge in [-0.3, -0.25) is 0 Å². The summed E-state index contributed by atoms with van der Waals surface area (Å²) in [6.45, 7) is 0. The van der Waals surface area contributed by atoms with Crippen LogP contribution in [0.1, 0.15) is 0 Å². The lowest BCUT2D eigenvalue weighted by Gasteiger charge is -2.10. The largest absolute Gasteiger partial charge is 0.340 e. The third kappa shape index (κ3) is 3.43. The van der Waals surface area contributed by atoms with Gasteiger partial charge < -0.3 is 5.32 Å². The molecule has 0 bridgehead atoms. The lowest BCUT2D eigenvalue weighted by molar-refractivity contribution is 0.596. The molecule has 136 valence electrons. The van der Waals surface area contributed by atoms with Gasteiger partial charge in [0, 0.05) is 11.8 Å². The Bertz CT molecular complexity index is 1230. The summed E-state index contributed by atoms with van der Waals surface area (Å²) in [4.78, 5) is 4.70. The van der Waals surface area contributed by atoms with Gasteiger partial charge in [-0.2, -0.15) is 9.61 Å². The molecule has 2 aromatic carbocycles. The molecule has 0 saturated carbocycles. The average molecular weight is 464 g/mol. The first kappa shape index (κ1) is 18.0. The molecule has 0 saturated heterocycles. The topological polar surface area (TPSA) is 76.4 Å². The number of fused-ring (bicyclic) bond motifs is 1. The van der Waals surface area contributed by atoms with Crippen LogP contribution in [0, 0.1) is 0 Å². The lowest BCUT2D eigenvalue weighted by atomic mass is 10.3. The van der Waals surface area contributed by atoms with Crippen molar-refractivity contribution in [3.05, 3.63) is 76.5 Å². The first-order valence-electron chi connectivity index (χ1n) is 7.82. The number of benzene rings is 2. The number of nitrogens with zero attached hydrogens (tertiary/aromatic N) is 3. The monoisotopic (exact) mass is 462 g/mol. The van der Waals surface area contributed by atoms with E-state index in [9.17, 15) is 8.42 Å². The predicted octanol–water partition coefficient (Wildman–Crippen LogP) is 4.72. The first-order chi connectivity index (χ1) is 12.9. The third-order valence-corrected chi connectivity index (χ3v) is 6.43. The van der Waals surface area contributed by atoms with Gasteiger partial charge in [0.1, 0.15) is 11.0 Å². The lowest BCUT2D eigenvalue weighted by Crippen LogP contribution is -2.03. The SMILES string of the molecule is O=S(=O)(c1ccccc1)c1ccc(Nc2cc(Cl)nc3c(Br)cnn23)cc1. The molecule has 0 aliphatic rings. The molecule has 0 radical (unpaired) electrons. The molecule has 0 spiro atoms. The molecular weight excluding hydrogens is 452 g/mol. The molecule has 4 rings (SSSR count). The minimum atomic E-state index is -3.55. The molecule has 0 amide bonds. The summed E-state index contributed by atoms with van der Waals surface area (Å²) in [7, 11) is -3.55. The van der Waals surface area contributed by atoms with Crippen LogP contribution in [0.5, 0.6) is 0 Å². The van der Waals surface area contributed by atoms with Crippen LogP contribution in [-0.4, -0.2) is 23.0 Å². The van der Waals surface area contributed by atoms with E-state index >= 15 is 0 Å². The molecule has 0 aliphatic carbocycles. The number of halogens is 2. The van der Waals surface area contributed by atoms with Crippen LogP contribution in [0.25, 0.3) is 5.65 Å². The fourth-order valence-corrected chi connectivity index (χ4v) is 4.41. The van der Waals surface area contributed by atoms with E-state index in [4.69, 9.17) is 11.6 Å². The quantitative estimate of drug-likeness (QED) is 0.443. The fraction of sp³-hybridized carbons (Fsp3) is 0. The molecule has 0 aliphatic heterocycles. The van der Waals surface area contributed by atoms with Gasteiger partial charge in [0.2, 0.25) is 9.84 Å². The van der Waals surface area contributed by atoms with Gasteiger partial charge in [0.25, 0.3) is 0 Å². The normalized spacial score (nSPS) is 11.6. The van der Waals surface area contributed by atoms with Crippen LogP contribution in [0.2, 0.25) is 5.15 Å². The predicted molar refractivity (Wildman–Crippen MR) is 107 cm³/mol. The second kappa shape index (κ2) is 6.95. The Morgan fingerprint density at radius 2 is 1.67 bits per heavy atom. The maximum atomic E-state index is 12.7. The van der Waals surface area contributed by atoms with Crippen molar-refractivity contribution < 1.29 is 8.42 Å². The Morgan fingerprint density at radius 3 is 2.37 bits per heavy atom. The number of anilines is 2. The summed E-state index contributed by atoms with van der Waals surface area (Å²) in [5, 5.41) is 7.74. The molecule has 9 heteroatoms. The van der Waals surface area contributed by atoms with Crippen molar-refractivity contribution in [2.24, 2.45) is 0 Å². The average Bonchev–Trinajstić information content (AvgIpc) is 3.04. The summed E-state index contributed by atoms with van der Waals surface area (Å²) in [5.74, 6) is 0.606. The molecule has 4 aromatic rings. The molecule has 2 heterocycles. The van der Waals surface area contributed by atoms with Crippen molar-refractivity contribution in [3.8, 4) is 0 Å². The molecular formula is C18H12BrClN4O2S. The standard InChI is InChI=1S/C18H12BrClN4O2S/c19-15-11-21-24-17(10-16(20)23-18(15)24)22-12-6-8-14(9-7-12)27(25,26)13-4-2-1-3-5-13/h1-11,22H. The third-order valence-electron chi connectivity index (χ3n) is 3.89. The van der Waals surface area contributed by atoms with E-state index in [1.165, 1.54) is 0 Å². The highest BCUT2D eigenvalue weighted by atomic mass is 79.9. The van der Waals surface area contributed by atoms with E-state index in [1.807, 2.05) is 0 Å². The maximum absolute atomic E-state index is 12.7. The molecule has 27 heavy (non-hydrogen) atoms. The smallest absolute Gasteiger partial charge is 0.206 e. The highest BCUT2D eigenvalue weighted by Gasteiger charge is 2.17. The van der Waals surface area contributed by atoms with Crippen LogP contribution in [-0.2, 0) is 9.84 Å². The van der Waals surface area contributed by atoms with Crippen LogP contribution in [0.15, 0.2) is 81.1 Å². The number of rotatable bonds is 4. The van der Waals surface area contributed by atoms with Gasteiger partial charge in [-0.15, -0.1) is 0 Å².